The second-order valence-corrected chi connectivity index (χ2v) is 4.45. The molecule has 0 spiro atoms. The Morgan fingerprint density at radius 1 is 1.53 bits per heavy atom. The lowest BCUT2D eigenvalue weighted by atomic mass is 9.79. The van der Waals surface area contributed by atoms with E-state index in [1.807, 2.05) is 18.2 Å². The minimum atomic E-state index is -0.533. The molecule has 1 fully saturated rings. The van der Waals surface area contributed by atoms with E-state index in [0.29, 0.717) is 13.2 Å². The maximum atomic E-state index is 9.20. The van der Waals surface area contributed by atoms with Crippen LogP contribution in [-0.2, 0) is 10.2 Å². The van der Waals surface area contributed by atoms with Gasteiger partial charge in [-0.1, -0.05) is 15.9 Å². The molecule has 3 nitrogen and oxygen atoms in total. The lowest BCUT2D eigenvalue weighted by Gasteiger charge is -2.36. The summed E-state index contributed by atoms with van der Waals surface area (Å²) in [7, 11) is 1.61. The highest BCUT2D eigenvalue weighted by molar-refractivity contribution is 9.10. The summed E-state index contributed by atoms with van der Waals surface area (Å²) in [6.45, 7) is 0.882. The fraction of sp³-hybridized carbons (Fsp3) is 0.364. The van der Waals surface area contributed by atoms with Crippen LogP contribution in [0.25, 0.3) is 0 Å². The van der Waals surface area contributed by atoms with Crippen molar-refractivity contribution in [2.75, 3.05) is 20.3 Å². The Morgan fingerprint density at radius 2 is 2.27 bits per heavy atom. The van der Waals surface area contributed by atoms with Gasteiger partial charge in [0.1, 0.15) is 11.2 Å². The van der Waals surface area contributed by atoms with E-state index in [-0.39, 0.29) is 0 Å². The number of nitrogens with zero attached hydrogens (tertiary/aromatic N) is 1. The Kier molecular flexibility index (Phi) is 2.68. The van der Waals surface area contributed by atoms with Crippen LogP contribution in [0.15, 0.2) is 22.7 Å². The molecular weight excluding hydrogens is 258 g/mol. The van der Waals surface area contributed by atoms with E-state index in [1.165, 1.54) is 0 Å². The summed E-state index contributed by atoms with van der Waals surface area (Å²) in [4.78, 5) is 0. The van der Waals surface area contributed by atoms with Crippen molar-refractivity contribution in [2.45, 2.75) is 5.41 Å². The standard InChI is InChI=1S/C11H10BrNO2/c1-14-10-3-2-8(12)4-9(10)11(5-13)6-15-7-11/h2-4H,6-7H2,1H3. The van der Waals surface area contributed by atoms with Gasteiger partial charge in [-0.05, 0) is 18.2 Å². The first-order valence-corrected chi connectivity index (χ1v) is 5.34. The topological polar surface area (TPSA) is 42.2 Å². The Balaban J connectivity index is 2.50. The third kappa shape index (κ3) is 1.62. The average Bonchev–Trinajstić information content (AvgIpc) is 2.17. The molecule has 0 N–H and O–H groups in total. The van der Waals surface area contributed by atoms with Gasteiger partial charge >= 0.3 is 0 Å². The quantitative estimate of drug-likeness (QED) is 0.826. The SMILES string of the molecule is COc1ccc(Br)cc1C1(C#N)COC1. The van der Waals surface area contributed by atoms with Gasteiger partial charge in [-0.2, -0.15) is 5.26 Å². The number of hydrogen-bond acceptors (Lipinski definition) is 3. The number of methoxy groups -OCH3 is 1. The van der Waals surface area contributed by atoms with Crippen LogP contribution >= 0.6 is 15.9 Å². The van der Waals surface area contributed by atoms with Crippen LogP contribution in [-0.4, -0.2) is 20.3 Å². The lowest BCUT2D eigenvalue weighted by Crippen LogP contribution is -2.45. The van der Waals surface area contributed by atoms with Crippen LogP contribution in [0.4, 0.5) is 0 Å². The van der Waals surface area contributed by atoms with E-state index in [4.69, 9.17) is 9.47 Å². The zero-order chi connectivity index (χ0) is 10.9. The van der Waals surface area contributed by atoms with Crippen LogP contribution < -0.4 is 4.74 Å². The highest BCUT2D eigenvalue weighted by atomic mass is 79.9. The molecule has 78 valence electrons. The number of ether oxygens (including phenoxy) is 2. The monoisotopic (exact) mass is 267 g/mol. The van der Waals surface area contributed by atoms with Crippen LogP contribution in [0.2, 0.25) is 0 Å². The minimum Gasteiger partial charge on any atom is -0.496 e. The molecule has 1 aromatic rings. The van der Waals surface area contributed by atoms with Crippen LogP contribution in [0.5, 0.6) is 5.75 Å². The molecule has 0 atom stereocenters. The number of nitriles is 1. The molecule has 1 aromatic carbocycles. The molecule has 15 heavy (non-hydrogen) atoms. The fourth-order valence-electron chi connectivity index (χ4n) is 1.64. The highest BCUT2D eigenvalue weighted by Gasteiger charge is 2.43. The van der Waals surface area contributed by atoms with Gasteiger partial charge in [0, 0.05) is 10.0 Å². The molecule has 0 saturated carbocycles. The Labute approximate surface area is 96.7 Å². The molecule has 0 unspecified atom stereocenters. The summed E-state index contributed by atoms with van der Waals surface area (Å²) in [5.74, 6) is 0.739. The molecule has 1 aliphatic rings. The van der Waals surface area contributed by atoms with Crippen molar-refractivity contribution in [1.29, 1.82) is 5.26 Å². The lowest BCUT2D eigenvalue weighted by molar-refractivity contribution is -0.0307. The van der Waals surface area contributed by atoms with Gasteiger partial charge in [0.25, 0.3) is 0 Å². The Hall–Kier alpha value is -1.05. The summed E-state index contributed by atoms with van der Waals surface area (Å²) in [5.41, 5.74) is 0.364. The Bertz CT molecular complexity index is 421. The number of benzene rings is 1. The number of halogens is 1. The van der Waals surface area contributed by atoms with Crippen molar-refractivity contribution in [2.24, 2.45) is 0 Å². The van der Waals surface area contributed by atoms with Crippen molar-refractivity contribution in [3.63, 3.8) is 0 Å². The first-order chi connectivity index (χ1) is 7.22. The van der Waals surface area contributed by atoms with E-state index in [1.54, 1.807) is 7.11 Å². The van der Waals surface area contributed by atoms with Crippen molar-refractivity contribution in [3.8, 4) is 11.8 Å². The van der Waals surface area contributed by atoms with Crippen LogP contribution in [0.1, 0.15) is 5.56 Å². The second-order valence-electron chi connectivity index (χ2n) is 3.53. The third-order valence-electron chi connectivity index (χ3n) is 2.59. The summed E-state index contributed by atoms with van der Waals surface area (Å²) in [6, 6.07) is 7.98. The number of rotatable bonds is 2. The van der Waals surface area contributed by atoms with Crippen molar-refractivity contribution >= 4 is 15.9 Å². The van der Waals surface area contributed by atoms with Crippen molar-refractivity contribution in [1.82, 2.24) is 0 Å². The molecule has 2 rings (SSSR count). The molecule has 0 aliphatic carbocycles. The first kappa shape index (κ1) is 10.5. The molecule has 0 radical (unpaired) electrons. The molecule has 0 aromatic heterocycles. The third-order valence-corrected chi connectivity index (χ3v) is 3.08. The Morgan fingerprint density at radius 3 is 2.73 bits per heavy atom. The molecular formula is C11H10BrNO2. The summed E-state index contributed by atoms with van der Waals surface area (Å²) >= 11 is 3.39. The largest absolute Gasteiger partial charge is 0.496 e. The molecule has 0 amide bonds. The smallest absolute Gasteiger partial charge is 0.132 e. The number of hydrogen-bond donors (Lipinski definition) is 0. The predicted molar refractivity (Wildman–Crippen MR) is 58.8 cm³/mol. The second kappa shape index (κ2) is 3.84. The maximum Gasteiger partial charge on any atom is 0.132 e. The zero-order valence-corrected chi connectivity index (χ0v) is 9.87. The highest BCUT2D eigenvalue weighted by Crippen LogP contribution is 2.38. The van der Waals surface area contributed by atoms with E-state index < -0.39 is 5.41 Å². The predicted octanol–water partition coefficient (Wildman–Crippen LogP) is 2.25. The molecule has 1 saturated heterocycles. The van der Waals surface area contributed by atoms with E-state index in [2.05, 4.69) is 22.0 Å². The van der Waals surface area contributed by atoms with Gasteiger partial charge in [-0.25, -0.2) is 0 Å². The van der Waals surface area contributed by atoms with Gasteiger partial charge in [-0.3, -0.25) is 0 Å². The molecule has 0 bridgehead atoms. The van der Waals surface area contributed by atoms with E-state index >= 15 is 0 Å². The van der Waals surface area contributed by atoms with Gasteiger partial charge in [0.2, 0.25) is 0 Å². The van der Waals surface area contributed by atoms with Gasteiger partial charge in [-0.15, -0.1) is 0 Å². The van der Waals surface area contributed by atoms with Crippen LogP contribution in [0.3, 0.4) is 0 Å². The van der Waals surface area contributed by atoms with Crippen LogP contribution in [0, 0.1) is 11.3 Å². The summed E-state index contributed by atoms with van der Waals surface area (Å²) in [6.07, 6.45) is 0. The van der Waals surface area contributed by atoms with Gasteiger partial charge in [0.05, 0.1) is 26.4 Å². The normalized spacial score (nSPS) is 17.7. The molecule has 4 heteroatoms. The molecule has 1 heterocycles. The average molecular weight is 268 g/mol. The maximum absolute atomic E-state index is 9.20. The van der Waals surface area contributed by atoms with Gasteiger partial charge in [0.15, 0.2) is 0 Å². The van der Waals surface area contributed by atoms with Gasteiger partial charge < -0.3 is 9.47 Å². The summed E-state index contributed by atoms with van der Waals surface area (Å²) < 4.78 is 11.3. The van der Waals surface area contributed by atoms with Crippen molar-refractivity contribution in [3.05, 3.63) is 28.2 Å². The van der Waals surface area contributed by atoms with Crippen molar-refractivity contribution < 1.29 is 9.47 Å². The fourth-order valence-corrected chi connectivity index (χ4v) is 2.00. The van der Waals surface area contributed by atoms with E-state index in [9.17, 15) is 5.26 Å². The summed E-state index contributed by atoms with van der Waals surface area (Å²) in [5, 5.41) is 9.20. The minimum absolute atomic E-state index is 0.441. The first-order valence-electron chi connectivity index (χ1n) is 4.55. The van der Waals surface area contributed by atoms with E-state index in [0.717, 1.165) is 15.8 Å². The zero-order valence-electron chi connectivity index (χ0n) is 8.29. The molecule has 1 aliphatic heterocycles.